The van der Waals surface area contributed by atoms with Crippen molar-refractivity contribution in [2.75, 3.05) is 26.2 Å². The van der Waals surface area contributed by atoms with Gasteiger partial charge in [-0.3, -0.25) is 4.79 Å². The zero-order valence-electron chi connectivity index (χ0n) is 14.5. The summed E-state index contributed by atoms with van der Waals surface area (Å²) in [7, 11) is 0. The van der Waals surface area contributed by atoms with Gasteiger partial charge in [-0.15, -0.1) is 0 Å². The van der Waals surface area contributed by atoms with Crippen molar-refractivity contribution in [3.05, 3.63) is 35.9 Å². The fourth-order valence-corrected chi connectivity index (χ4v) is 3.21. The summed E-state index contributed by atoms with van der Waals surface area (Å²) in [5.41, 5.74) is 7.31. The van der Waals surface area contributed by atoms with Crippen LogP contribution in [0.1, 0.15) is 32.3 Å². The second-order valence-electron chi connectivity index (χ2n) is 7.17. The SMILES string of the molecule is CC(C)C[C@H](N)C(=O)NCC1CCN(CCc2ccccc2)C1. The van der Waals surface area contributed by atoms with Gasteiger partial charge in [0, 0.05) is 19.6 Å². The van der Waals surface area contributed by atoms with Crippen LogP contribution in [0.3, 0.4) is 0 Å². The maximum absolute atomic E-state index is 12.0. The van der Waals surface area contributed by atoms with Gasteiger partial charge in [-0.1, -0.05) is 44.2 Å². The molecule has 2 atom stereocenters. The van der Waals surface area contributed by atoms with Crippen molar-refractivity contribution in [1.82, 2.24) is 10.2 Å². The average molecular weight is 317 g/mol. The third-order valence-electron chi connectivity index (χ3n) is 4.56. The predicted octanol–water partition coefficient (Wildman–Crippen LogP) is 2.04. The van der Waals surface area contributed by atoms with E-state index in [0.29, 0.717) is 11.8 Å². The normalized spacial score (nSPS) is 19.9. The Morgan fingerprint density at radius 2 is 2.09 bits per heavy atom. The lowest BCUT2D eigenvalue weighted by Crippen LogP contribution is -2.43. The lowest BCUT2D eigenvalue weighted by molar-refractivity contribution is -0.122. The van der Waals surface area contributed by atoms with Gasteiger partial charge in [-0.05, 0) is 43.2 Å². The third kappa shape index (κ3) is 6.32. The molecule has 0 aromatic heterocycles. The zero-order valence-corrected chi connectivity index (χ0v) is 14.5. The highest BCUT2D eigenvalue weighted by Gasteiger charge is 2.23. The van der Waals surface area contributed by atoms with E-state index in [1.165, 1.54) is 5.56 Å². The number of benzene rings is 1. The van der Waals surface area contributed by atoms with Crippen LogP contribution < -0.4 is 11.1 Å². The van der Waals surface area contributed by atoms with Gasteiger partial charge in [0.05, 0.1) is 6.04 Å². The molecule has 0 radical (unpaired) electrons. The van der Waals surface area contributed by atoms with Crippen molar-refractivity contribution >= 4 is 5.91 Å². The van der Waals surface area contributed by atoms with Crippen LogP contribution in [-0.2, 0) is 11.2 Å². The van der Waals surface area contributed by atoms with Crippen LogP contribution >= 0.6 is 0 Å². The molecule has 2 rings (SSSR count). The monoisotopic (exact) mass is 317 g/mol. The van der Waals surface area contributed by atoms with Crippen molar-refractivity contribution < 1.29 is 4.79 Å². The molecule has 1 aromatic rings. The van der Waals surface area contributed by atoms with Crippen molar-refractivity contribution in [1.29, 1.82) is 0 Å². The molecule has 1 aliphatic heterocycles. The molecule has 23 heavy (non-hydrogen) atoms. The Morgan fingerprint density at radius 3 is 2.78 bits per heavy atom. The number of nitrogens with one attached hydrogen (secondary N) is 1. The molecule has 1 unspecified atom stereocenters. The molecule has 0 aliphatic carbocycles. The van der Waals surface area contributed by atoms with E-state index >= 15 is 0 Å². The minimum absolute atomic E-state index is 0.00133. The largest absolute Gasteiger partial charge is 0.354 e. The molecular weight excluding hydrogens is 286 g/mol. The number of rotatable bonds is 8. The Morgan fingerprint density at radius 1 is 1.35 bits per heavy atom. The van der Waals surface area contributed by atoms with E-state index in [1.807, 2.05) is 0 Å². The summed E-state index contributed by atoms with van der Waals surface area (Å²) in [5, 5.41) is 3.03. The Balaban J connectivity index is 1.64. The molecule has 1 heterocycles. The van der Waals surface area contributed by atoms with Gasteiger partial charge in [-0.2, -0.15) is 0 Å². The van der Waals surface area contributed by atoms with Gasteiger partial charge in [0.15, 0.2) is 0 Å². The van der Waals surface area contributed by atoms with E-state index in [9.17, 15) is 4.79 Å². The molecule has 0 bridgehead atoms. The third-order valence-corrected chi connectivity index (χ3v) is 4.56. The fraction of sp³-hybridized carbons (Fsp3) is 0.632. The van der Waals surface area contributed by atoms with Gasteiger partial charge >= 0.3 is 0 Å². The van der Waals surface area contributed by atoms with Crippen molar-refractivity contribution in [2.24, 2.45) is 17.6 Å². The fourth-order valence-electron chi connectivity index (χ4n) is 3.21. The summed E-state index contributed by atoms with van der Waals surface area (Å²) in [6, 6.07) is 10.2. The van der Waals surface area contributed by atoms with E-state index in [0.717, 1.165) is 45.4 Å². The average Bonchev–Trinajstić information content (AvgIpc) is 2.99. The van der Waals surface area contributed by atoms with Gasteiger partial charge in [0.25, 0.3) is 0 Å². The first-order chi connectivity index (χ1) is 11.0. The molecule has 1 aliphatic rings. The lowest BCUT2D eigenvalue weighted by atomic mass is 10.0. The van der Waals surface area contributed by atoms with E-state index < -0.39 is 0 Å². The van der Waals surface area contributed by atoms with Crippen LogP contribution in [0.4, 0.5) is 0 Å². The zero-order chi connectivity index (χ0) is 16.7. The number of carbonyl (C=O) groups is 1. The number of nitrogens with two attached hydrogens (primary N) is 1. The molecule has 1 amide bonds. The van der Waals surface area contributed by atoms with Crippen LogP contribution in [0.5, 0.6) is 0 Å². The minimum atomic E-state index is -0.370. The summed E-state index contributed by atoms with van der Waals surface area (Å²) in [6.07, 6.45) is 3.01. The van der Waals surface area contributed by atoms with Crippen molar-refractivity contribution in [3.63, 3.8) is 0 Å². The van der Waals surface area contributed by atoms with E-state index in [1.54, 1.807) is 0 Å². The summed E-state index contributed by atoms with van der Waals surface area (Å²) in [4.78, 5) is 14.5. The minimum Gasteiger partial charge on any atom is -0.354 e. The quantitative estimate of drug-likeness (QED) is 0.771. The number of likely N-dealkylation sites (tertiary alicyclic amines) is 1. The predicted molar refractivity (Wildman–Crippen MR) is 95.1 cm³/mol. The van der Waals surface area contributed by atoms with Crippen LogP contribution in [0.25, 0.3) is 0 Å². The number of carbonyl (C=O) groups excluding carboxylic acids is 1. The maximum Gasteiger partial charge on any atom is 0.236 e. The number of hydrogen-bond donors (Lipinski definition) is 2. The Labute approximate surface area is 140 Å². The van der Waals surface area contributed by atoms with Gasteiger partial charge in [-0.25, -0.2) is 0 Å². The second-order valence-corrected chi connectivity index (χ2v) is 7.17. The number of amides is 1. The van der Waals surface area contributed by atoms with Crippen molar-refractivity contribution in [3.8, 4) is 0 Å². The number of hydrogen-bond acceptors (Lipinski definition) is 3. The smallest absolute Gasteiger partial charge is 0.236 e. The van der Waals surface area contributed by atoms with Gasteiger partial charge < -0.3 is 16.0 Å². The molecule has 128 valence electrons. The molecule has 4 heteroatoms. The topological polar surface area (TPSA) is 58.4 Å². The van der Waals surface area contributed by atoms with E-state index in [4.69, 9.17) is 5.73 Å². The lowest BCUT2D eigenvalue weighted by Gasteiger charge is -2.18. The molecule has 1 aromatic carbocycles. The first-order valence-electron chi connectivity index (χ1n) is 8.84. The summed E-state index contributed by atoms with van der Waals surface area (Å²) >= 11 is 0. The van der Waals surface area contributed by atoms with Gasteiger partial charge in [0.1, 0.15) is 0 Å². The van der Waals surface area contributed by atoms with E-state index in [2.05, 4.69) is 54.4 Å². The number of nitrogens with zero attached hydrogens (tertiary/aromatic N) is 1. The van der Waals surface area contributed by atoms with Crippen LogP contribution in [0, 0.1) is 11.8 Å². The highest BCUT2D eigenvalue weighted by molar-refractivity contribution is 5.81. The first kappa shape index (κ1) is 18.0. The molecule has 0 saturated carbocycles. The maximum atomic E-state index is 12.0. The molecule has 1 saturated heterocycles. The Bertz CT molecular complexity index is 475. The van der Waals surface area contributed by atoms with Crippen LogP contribution in [0.15, 0.2) is 30.3 Å². The van der Waals surface area contributed by atoms with Gasteiger partial charge in [0.2, 0.25) is 5.91 Å². The molecule has 4 nitrogen and oxygen atoms in total. The summed E-state index contributed by atoms with van der Waals surface area (Å²) in [6.45, 7) is 8.25. The van der Waals surface area contributed by atoms with Crippen molar-refractivity contribution in [2.45, 2.75) is 39.2 Å². The van der Waals surface area contributed by atoms with Crippen LogP contribution in [0.2, 0.25) is 0 Å². The molecule has 3 N–H and O–H groups in total. The Hall–Kier alpha value is -1.39. The second kappa shape index (κ2) is 9.04. The van der Waals surface area contributed by atoms with Crippen LogP contribution in [-0.4, -0.2) is 43.0 Å². The highest BCUT2D eigenvalue weighted by atomic mass is 16.2. The van der Waals surface area contributed by atoms with E-state index in [-0.39, 0.29) is 11.9 Å². The Kier molecular flexibility index (Phi) is 7.06. The molecular formula is C19H31N3O. The molecule has 1 fully saturated rings. The first-order valence-corrected chi connectivity index (χ1v) is 8.84. The molecule has 0 spiro atoms. The summed E-state index contributed by atoms with van der Waals surface area (Å²) in [5.74, 6) is 1.01. The summed E-state index contributed by atoms with van der Waals surface area (Å²) < 4.78 is 0. The highest BCUT2D eigenvalue weighted by Crippen LogP contribution is 2.16. The standard InChI is InChI=1S/C19H31N3O/c1-15(2)12-18(20)19(23)21-13-17-9-11-22(14-17)10-8-16-6-4-3-5-7-16/h3-7,15,17-18H,8-14,20H2,1-2H3,(H,21,23)/t17?,18-/m0/s1.